The van der Waals surface area contributed by atoms with Gasteiger partial charge in [0.25, 0.3) is 0 Å². The Morgan fingerprint density at radius 3 is 2.11 bits per heavy atom. The minimum atomic E-state index is -0.829. The van der Waals surface area contributed by atoms with Gasteiger partial charge in [0.2, 0.25) is 0 Å². The Hall–Kier alpha value is -1.63. The Kier molecular flexibility index (Phi) is 6.27. The Balaban J connectivity index is 2.65. The molecule has 0 radical (unpaired) electrons. The van der Waals surface area contributed by atoms with Crippen LogP contribution in [0.3, 0.4) is 0 Å². The first-order valence-electron chi connectivity index (χ1n) is 5.66. The van der Waals surface area contributed by atoms with Gasteiger partial charge in [0.1, 0.15) is 0 Å². The van der Waals surface area contributed by atoms with Gasteiger partial charge in [-0.3, -0.25) is 9.59 Å². The van der Waals surface area contributed by atoms with Crippen molar-refractivity contribution in [2.24, 2.45) is 0 Å². The third-order valence-corrected chi connectivity index (χ3v) is 2.58. The third-order valence-electron chi connectivity index (χ3n) is 2.32. The zero-order chi connectivity index (χ0) is 14.3. The number of carbonyl (C=O) groups excluding carboxylic acids is 2. The van der Waals surface area contributed by atoms with E-state index in [1.807, 2.05) is 0 Å². The minimum absolute atomic E-state index is 0.00652. The normalized spacial score (nSPS) is 10.1. The van der Waals surface area contributed by atoms with Crippen molar-refractivity contribution < 1.29 is 19.8 Å². The molecule has 0 saturated heterocycles. The maximum atomic E-state index is 11.8. The van der Waals surface area contributed by atoms with Crippen LogP contribution in [0, 0.1) is 0 Å². The maximum Gasteiger partial charge on any atom is 0.313 e. The summed E-state index contributed by atoms with van der Waals surface area (Å²) in [4.78, 5) is 24.5. The first-order valence-corrected chi connectivity index (χ1v) is 6.04. The van der Waals surface area contributed by atoms with Gasteiger partial charge in [-0.15, -0.1) is 0 Å². The number of nitrogens with one attached hydrogen (secondary N) is 1. The number of hydrogen-bond donors (Lipinski definition) is 3. The zero-order valence-corrected chi connectivity index (χ0v) is 10.9. The fourth-order valence-corrected chi connectivity index (χ4v) is 1.54. The lowest BCUT2D eigenvalue weighted by molar-refractivity contribution is -0.143. The second kappa shape index (κ2) is 7.73. The van der Waals surface area contributed by atoms with Crippen molar-refractivity contribution in [3.63, 3.8) is 0 Å². The monoisotopic (exact) mass is 286 g/mol. The lowest BCUT2D eigenvalue weighted by Crippen LogP contribution is -2.42. The molecule has 0 unspecified atom stereocenters. The molecule has 0 aliphatic carbocycles. The minimum Gasteiger partial charge on any atom is -0.395 e. The summed E-state index contributed by atoms with van der Waals surface area (Å²) in [6.07, 6.45) is 0. The molecule has 0 aliphatic heterocycles. The second-order valence-electron chi connectivity index (χ2n) is 3.70. The molecule has 2 amide bonds. The van der Waals surface area contributed by atoms with Crippen LogP contribution in [0.15, 0.2) is 24.3 Å². The molecule has 7 heteroatoms. The third kappa shape index (κ3) is 4.86. The van der Waals surface area contributed by atoms with Crippen LogP contribution in [0.5, 0.6) is 0 Å². The summed E-state index contributed by atoms with van der Waals surface area (Å²) in [5, 5.41) is 20.5. The van der Waals surface area contributed by atoms with E-state index >= 15 is 0 Å². The van der Waals surface area contributed by atoms with Crippen molar-refractivity contribution in [1.29, 1.82) is 0 Å². The first kappa shape index (κ1) is 15.4. The highest BCUT2D eigenvalue weighted by molar-refractivity contribution is 6.39. The summed E-state index contributed by atoms with van der Waals surface area (Å²) in [7, 11) is 0. The fourth-order valence-electron chi connectivity index (χ4n) is 1.42. The van der Waals surface area contributed by atoms with Crippen LogP contribution in [-0.4, -0.2) is 53.2 Å². The number of amides is 2. The van der Waals surface area contributed by atoms with Crippen molar-refractivity contribution in [3.05, 3.63) is 29.3 Å². The van der Waals surface area contributed by atoms with Crippen molar-refractivity contribution in [2.75, 3.05) is 31.6 Å². The summed E-state index contributed by atoms with van der Waals surface area (Å²) in [6, 6.07) is 6.30. The molecular weight excluding hydrogens is 272 g/mol. The summed E-state index contributed by atoms with van der Waals surface area (Å²) in [5.41, 5.74) is 0.440. The molecule has 1 aromatic rings. The number of anilines is 1. The molecule has 0 fully saturated rings. The molecule has 6 nitrogen and oxygen atoms in total. The molecule has 104 valence electrons. The predicted octanol–water partition coefficient (Wildman–Crippen LogP) is 0.0917. The predicted molar refractivity (Wildman–Crippen MR) is 70.8 cm³/mol. The molecule has 0 aliphatic rings. The lowest BCUT2D eigenvalue weighted by Gasteiger charge is -2.19. The number of benzene rings is 1. The molecular formula is C12H15ClN2O4. The van der Waals surface area contributed by atoms with Gasteiger partial charge in [0.05, 0.1) is 13.2 Å². The van der Waals surface area contributed by atoms with E-state index in [4.69, 9.17) is 21.8 Å². The first-order chi connectivity index (χ1) is 9.08. The van der Waals surface area contributed by atoms with Gasteiger partial charge < -0.3 is 20.4 Å². The molecule has 0 heterocycles. The largest absolute Gasteiger partial charge is 0.395 e. The number of aliphatic hydroxyl groups is 2. The molecule has 0 spiro atoms. The second-order valence-corrected chi connectivity index (χ2v) is 4.14. The quantitative estimate of drug-likeness (QED) is 0.669. The van der Waals surface area contributed by atoms with Gasteiger partial charge in [-0.2, -0.15) is 0 Å². The van der Waals surface area contributed by atoms with Crippen LogP contribution in [0.25, 0.3) is 0 Å². The number of rotatable bonds is 5. The van der Waals surface area contributed by atoms with E-state index in [9.17, 15) is 9.59 Å². The van der Waals surface area contributed by atoms with Gasteiger partial charge in [0, 0.05) is 23.8 Å². The molecule has 1 rings (SSSR count). The van der Waals surface area contributed by atoms with E-state index in [1.54, 1.807) is 24.3 Å². The summed E-state index contributed by atoms with van der Waals surface area (Å²) in [6.45, 7) is -0.569. The van der Waals surface area contributed by atoms with Gasteiger partial charge in [-0.05, 0) is 24.3 Å². The zero-order valence-electron chi connectivity index (χ0n) is 10.2. The number of nitrogens with zero attached hydrogens (tertiary/aromatic N) is 1. The summed E-state index contributed by atoms with van der Waals surface area (Å²) in [5.74, 6) is -1.64. The van der Waals surface area contributed by atoms with Crippen LogP contribution >= 0.6 is 11.6 Å². The van der Waals surface area contributed by atoms with Crippen LogP contribution in [0.2, 0.25) is 5.02 Å². The molecule has 0 atom stereocenters. The van der Waals surface area contributed by atoms with E-state index < -0.39 is 11.8 Å². The average Bonchev–Trinajstić information content (AvgIpc) is 2.40. The van der Waals surface area contributed by atoms with E-state index in [0.717, 1.165) is 4.90 Å². The molecule has 0 saturated carbocycles. The van der Waals surface area contributed by atoms with E-state index in [-0.39, 0.29) is 26.3 Å². The standard InChI is InChI=1S/C12H15ClN2O4/c13-9-1-3-10(4-2-9)14-11(18)12(19)15(5-7-16)6-8-17/h1-4,16-17H,5-8H2,(H,14,18). The summed E-state index contributed by atoms with van der Waals surface area (Å²) < 4.78 is 0. The van der Waals surface area contributed by atoms with Gasteiger partial charge in [-0.1, -0.05) is 11.6 Å². The van der Waals surface area contributed by atoms with E-state index in [1.165, 1.54) is 0 Å². The Morgan fingerprint density at radius 2 is 1.63 bits per heavy atom. The number of carbonyl (C=O) groups is 2. The molecule has 0 bridgehead atoms. The maximum absolute atomic E-state index is 11.8. The van der Waals surface area contributed by atoms with Crippen molar-refractivity contribution >= 4 is 29.1 Å². The number of hydrogen-bond acceptors (Lipinski definition) is 4. The molecule has 0 aromatic heterocycles. The molecule has 3 N–H and O–H groups in total. The van der Waals surface area contributed by atoms with Gasteiger partial charge in [0.15, 0.2) is 0 Å². The average molecular weight is 287 g/mol. The Labute approximate surface area is 115 Å². The SMILES string of the molecule is O=C(Nc1ccc(Cl)cc1)C(=O)N(CCO)CCO. The van der Waals surface area contributed by atoms with E-state index in [2.05, 4.69) is 5.32 Å². The topological polar surface area (TPSA) is 89.9 Å². The van der Waals surface area contributed by atoms with Crippen LogP contribution in [0.1, 0.15) is 0 Å². The van der Waals surface area contributed by atoms with Crippen LogP contribution in [-0.2, 0) is 9.59 Å². The Bertz CT molecular complexity index is 430. The highest BCUT2D eigenvalue weighted by Gasteiger charge is 2.20. The molecule has 1 aromatic carbocycles. The van der Waals surface area contributed by atoms with Crippen molar-refractivity contribution in [2.45, 2.75) is 0 Å². The van der Waals surface area contributed by atoms with Gasteiger partial charge >= 0.3 is 11.8 Å². The highest BCUT2D eigenvalue weighted by atomic mass is 35.5. The number of aliphatic hydroxyl groups excluding tert-OH is 2. The smallest absolute Gasteiger partial charge is 0.313 e. The van der Waals surface area contributed by atoms with Crippen molar-refractivity contribution in [1.82, 2.24) is 4.90 Å². The van der Waals surface area contributed by atoms with Crippen LogP contribution in [0.4, 0.5) is 5.69 Å². The van der Waals surface area contributed by atoms with Crippen molar-refractivity contribution in [3.8, 4) is 0 Å². The van der Waals surface area contributed by atoms with E-state index in [0.29, 0.717) is 10.7 Å². The lowest BCUT2D eigenvalue weighted by atomic mass is 10.3. The summed E-state index contributed by atoms with van der Waals surface area (Å²) >= 11 is 5.70. The highest BCUT2D eigenvalue weighted by Crippen LogP contribution is 2.13. The van der Waals surface area contributed by atoms with Crippen LogP contribution < -0.4 is 5.32 Å². The Morgan fingerprint density at radius 1 is 1.11 bits per heavy atom. The van der Waals surface area contributed by atoms with Gasteiger partial charge in [-0.25, -0.2) is 0 Å². The fraction of sp³-hybridized carbons (Fsp3) is 0.333. The molecule has 19 heavy (non-hydrogen) atoms. The number of halogens is 1.